The highest BCUT2D eigenvalue weighted by Crippen LogP contribution is 2.31. The van der Waals surface area contributed by atoms with Gasteiger partial charge in [-0.25, -0.2) is 4.79 Å². The average Bonchev–Trinajstić information content (AvgIpc) is 2.87. The van der Waals surface area contributed by atoms with Crippen LogP contribution < -0.4 is 5.32 Å². The maximum Gasteiger partial charge on any atom is 0.337 e. The van der Waals surface area contributed by atoms with Gasteiger partial charge in [0, 0.05) is 18.9 Å². The van der Waals surface area contributed by atoms with Crippen molar-refractivity contribution in [1.82, 2.24) is 5.32 Å². The van der Waals surface area contributed by atoms with Gasteiger partial charge >= 0.3 is 5.97 Å². The summed E-state index contributed by atoms with van der Waals surface area (Å²) in [6, 6.07) is 16.7. The number of carbonyl (C=O) groups is 2. The van der Waals surface area contributed by atoms with Gasteiger partial charge in [-0.1, -0.05) is 42.5 Å². The van der Waals surface area contributed by atoms with Crippen LogP contribution in [0.2, 0.25) is 0 Å². The Morgan fingerprint density at radius 1 is 1.06 bits per heavy atom. The molecule has 0 unspecified atom stereocenters. The molecule has 0 saturated heterocycles. The number of allylic oxidation sites excluding steroid dienone is 1. The van der Waals surface area contributed by atoms with Crippen molar-refractivity contribution in [3.8, 4) is 0 Å². The Kier molecular flexibility index (Phi) is 9.44. The Hall–Kier alpha value is -3.20. The number of aliphatic hydroxyl groups excluding tert-OH is 1. The molecule has 0 spiro atoms. The largest absolute Gasteiger partial charge is 0.465 e. The van der Waals surface area contributed by atoms with Crippen molar-refractivity contribution in [3.63, 3.8) is 0 Å². The summed E-state index contributed by atoms with van der Waals surface area (Å²) in [6.07, 6.45) is 1.62. The van der Waals surface area contributed by atoms with Gasteiger partial charge in [0.1, 0.15) is 0 Å². The van der Waals surface area contributed by atoms with Crippen LogP contribution in [-0.2, 0) is 30.3 Å². The minimum atomic E-state index is -0.643. The minimum absolute atomic E-state index is 0.0575. The van der Waals surface area contributed by atoms with Crippen LogP contribution in [0.5, 0.6) is 0 Å². The smallest absolute Gasteiger partial charge is 0.337 e. The molecule has 176 valence electrons. The van der Waals surface area contributed by atoms with Crippen LogP contribution >= 0.6 is 0 Å². The predicted molar refractivity (Wildman–Crippen MR) is 120 cm³/mol. The highest BCUT2D eigenvalue weighted by Gasteiger charge is 2.29. The van der Waals surface area contributed by atoms with E-state index < -0.39 is 12.3 Å². The van der Waals surface area contributed by atoms with Crippen molar-refractivity contribution in [2.24, 2.45) is 0 Å². The molecule has 0 fully saturated rings. The van der Waals surface area contributed by atoms with Crippen molar-refractivity contribution in [3.05, 3.63) is 83.1 Å². The summed E-state index contributed by atoms with van der Waals surface area (Å²) in [7, 11) is 1.34. The molecular formula is C25H29NO7. The van der Waals surface area contributed by atoms with E-state index in [4.69, 9.17) is 24.1 Å². The van der Waals surface area contributed by atoms with E-state index in [0.717, 1.165) is 11.1 Å². The molecule has 1 aliphatic heterocycles. The minimum Gasteiger partial charge on any atom is -0.465 e. The predicted octanol–water partition coefficient (Wildman–Crippen LogP) is 2.53. The van der Waals surface area contributed by atoms with E-state index in [0.29, 0.717) is 25.1 Å². The second kappa shape index (κ2) is 12.7. The lowest BCUT2D eigenvalue weighted by Gasteiger charge is -2.29. The Morgan fingerprint density at radius 2 is 1.82 bits per heavy atom. The van der Waals surface area contributed by atoms with Crippen LogP contribution in [0.4, 0.5) is 0 Å². The van der Waals surface area contributed by atoms with Crippen molar-refractivity contribution in [2.45, 2.75) is 25.2 Å². The number of benzene rings is 2. The molecule has 8 nitrogen and oxygen atoms in total. The third-order valence-electron chi connectivity index (χ3n) is 5.10. The van der Waals surface area contributed by atoms with Crippen molar-refractivity contribution in [2.75, 3.05) is 33.5 Å². The Labute approximate surface area is 193 Å². The van der Waals surface area contributed by atoms with Crippen LogP contribution in [0.3, 0.4) is 0 Å². The van der Waals surface area contributed by atoms with E-state index in [1.54, 1.807) is 18.2 Å². The zero-order valence-electron chi connectivity index (χ0n) is 18.6. The lowest BCUT2D eigenvalue weighted by atomic mass is 9.92. The SMILES string of the molecule is COC(=O)c1ccc([C@@H]2C=C(C(=O)NCc3ccccc3)O[C@H](OCCOCCO)C2)cc1. The van der Waals surface area contributed by atoms with Gasteiger partial charge in [-0.3, -0.25) is 4.79 Å². The van der Waals surface area contributed by atoms with Gasteiger partial charge in [0.15, 0.2) is 5.76 Å². The van der Waals surface area contributed by atoms with Crippen molar-refractivity contribution >= 4 is 11.9 Å². The highest BCUT2D eigenvalue weighted by molar-refractivity contribution is 5.91. The first kappa shape index (κ1) is 24.4. The normalized spacial score (nSPS) is 17.6. The maximum atomic E-state index is 12.8. The fourth-order valence-electron chi connectivity index (χ4n) is 3.41. The molecule has 0 saturated carbocycles. The quantitative estimate of drug-likeness (QED) is 0.396. The van der Waals surface area contributed by atoms with Gasteiger partial charge in [-0.05, 0) is 29.3 Å². The van der Waals surface area contributed by atoms with E-state index >= 15 is 0 Å². The van der Waals surface area contributed by atoms with E-state index in [1.165, 1.54) is 7.11 Å². The van der Waals surface area contributed by atoms with Crippen LogP contribution in [0, 0.1) is 0 Å². The number of aliphatic hydroxyl groups is 1. The third kappa shape index (κ3) is 7.42. The maximum absolute atomic E-state index is 12.8. The summed E-state index contributed by atoms with van der Waals surface area (Å²) in [6.45, 7) is 1.12. The molecule has 1 amide bonds. The van der Waals surface area contributed by atoms with Gasteiger partial charge in [0.25, 0.3) is 5.91 Å². The number of rotatable bonds is 11. The topological polar surface area (TPSA) is 103 Å². The van der Waals surface area contributed by atoms with E-state index in [1.807, 2.05) is 42.5 Å². The number of carbonyl (C=O) groups excluding carboxylic acids is 2. The molecule has 2 N–H and O–H groups in total. The zero-order chi connectivity index (χ0) is 23.5. The summed E-state index contributed by atoms with van der Waals surface area (Å²) in [5.41, 5.74) is 2.35. The molecule has 2 atom stereocenters. The molecule has 2 aromatic carbocycles. The number of methoxy groups -OCH3 is 1. The van der Waals surface area contributed by atoms with Crippen LogP contribution in [0.1, 0.15) is 33.8 Å². The standard InChI is InChI=1S/C25H29NO7/c1-30-25(29)20-9-7-19(8-10-20)21-15-22(24(28)26-17-18-5-3-2-4-6-18)33-23(16-21)32-14-13-31-12-11-27/h2-10,15,21,23,27H,11-14,16-17H2,1H3,(H,26,28)/t21-,23+/m1/s1. The molecule has 0 bridgehead atoms. The average molecular weight is 456 g/mol. The molecule has 8 heteroatoms. The Balaban J connectivity index is 1.70. The monoisotopic (exact) mass is 455 g/mol. The summed E-state index contributed by atoms with van der Waals surface area (Å²) >= 11 is 0. The zero-order valence-corrected chi connectivity index (χ0v) is 18.6. The summed E-state index contributed by atoms with van der Waals surface area (Å²) in [5, 5.41) is 11.7. The molecule has 2 aromatic rings. The highest BCUT2D eigenvalue weighted by atomic mass is 16.7. The lowest BCUT2D eigenvalue weighted by molar-refractivity contribution is -0.151. The van der Waals surface area contributed by atoms with E-state index in [2.05, 4.69) is 5.32 Å². The fourth-order valence-corrected chi connectivity index (χ4v) is 3.41. The van der Waals surface area contributed by atoms with Crippen molar-refractivity contribution in [1.29, 1.82) is 0 Å². The number of hydrogen-bond donors (Lipinski definition) is 2. The Morgan fingerprint density at radius 3 is 2.52 bits per heavy atom. The molecule has 1 aliphatic rings. The lowest BCUT2D eigenvalue weighted by Crippen LogP contribution is -2.33. The third-order valence-corrected chi connectivity index (χ3v) is 5.10. The first-order valence-corrected chi connectivity index (χ1v) is 10.8. The van der Waals surface area contributed by atoms with E-state index in [9.17, 15) is 9.59 Å². The van der Waals surface area contributed by atoms with Gasteiger partial charge in [-0.15, -0.1) is 0 Å². The van der Waals surface area contributed by atoms with Gasteiger partial charge in [0.2, 0.25) is 6.29 Å². The molecule has 0 aliphatic carbocycles. The van der Waals surface area contributed by atoms with Gasteiger partial charge in [0.05, 0.1) is 39.1 Å². The molecule has 1 heterocycles. The number of esters is 1. The Bertz CT molecular complexity index is 928. The van der Waals surface area contributed by atoms with Crippen LogP contribution in [0.15, 0.2) is 66.4 Å². The molecule has 3 rings (SSSR count). The number of ether oxygens (including phenoxy) is 4. The molecule has 33 heavy (non-hydrogen) atoms. The second-order valence-electron chi connectivity index (χ2n) is 7.41. The van der Waals surface area contributed by atoms with Crippen LogP contribution in [-0.4, -0.2) is 56.8 Å². The van der Waals surface area contributed by atoms with Gasteiger partial charge in [-0.2, -0.15) is 0 Å². The van der Waals surface area contributed by atoms with Crippen LogP contribution in [0.25, 0.3) is 0 Å². The van der Waals surface area contributed by atoms with E-state index in [-0.39, 0.29) is 37.4 Å². The number of nitrogens with one attached hydrogen (secondary N) is 1. The fraction of sp³-hybridized carbons (Fsp3) is 0.360. The summed E-state index contributed by atoms with van der Waals surface area (Å²) in [4.78, 5) is 24.5. The summed E-state index contributed by atoms with van der Waals surface area (Å²) in [5.74, 6) is -0.708. The number of hydrogen-bond acceptors (Lipinski definition) is 7. The molecule has 0 radical (unpaired) electrons. The second-order valence-corrected chi connectivity index (χ2v) is 7.41. The van der Waals surface area contributed by atoms with Crippen molar-refractivity contribution < 1.29 is 33.6 Å². The summed E-state index contributed by atoms with van der Waals surface area (Å²) < 4.78 is 21.6. The van der Waals surface area contributed by atoms with Gasteiger partial charge < -0.3 is 29.4 Å². The number of amides is 1. The first-order valence-electron chi connectivity index (χ1n) is 10.8. The molecular weight excluding hydrogens is 426 g/mol. The first-order chi connectivity index (χ1) is 16.1. The molecule has 0 aromatic heterocycles.